The summed E-state index contributed by atoms with van der Waals surface area (Å²) >= 11 is 6.14. The number of benzene rings is 2. The van der Waals surface area contributed by atoms with E-state index in [1.54, 1.807) is 0 Å². The molecule has 4 aliphatic carbocycles. The third-order valence-electron chi connectivity index (χ3n) is 8.96. The molecule has 5 heteroatoms. The number of rotatable bonds is 7. The van der Waals surface area contributed by atoms with Crippen molar-refractivity contribution in [2.24, 2.45) is 17.8 Å². The van der Waals surface area contributed by atoms with Gasteiger partial charge in [-0.2, -0.15) is 0 Å². The lowest BCUT2D eigenvalue weighted by atomic mass is 9.48. The lowest BCUT2D eigenvalue weighted by Gasteiger charge is -2.57. The number of hydrogen-bond donors (Lipinski definition) is 1. The van der Waals surface area contributed by atoms with Crippen LogP contribution in [0.2, 0.25) is 5.02 Å². The van der Waals surface area contributed by atoms with E-state index < -0.39 is 6.10 Å². The van der Waals surface area contributed by atoms with E-state index in [9.17, 15) is 5.11 Å². The topological polar surface area (TPSA) is 35.9 Å². The van der Waals surface area contributed by atoms with Crippen LogP contribution >= 0.6 is 11.6 Å². The largest absolute Gasteiger partial charge is 0.491 e. The van der Waals surface area contributed by atoms with Gasteiger partial charge in [0, 0.05) is 43.4 Å². The summed E-state index contributed by atoms with van der Waals surface area (Å²) in [5, 5.41) is 11.4. The molecule has 0 spiro atoms. The number of ether oxygens (including phenoxy) is 1. The van der Waals surface area contributed by atoms with Crippen molar-refractivity contribution in [3.05, 3.63) is 59.1 Å². The number of β-amino-alcohol motifs (C(OH)–C–C–N with tert-alkyl or cyclic N) is 1. The number of hydrogen-bond acceptors (Lipinski definition) is 4. The summed E-state index contributed by atoms with van der Waals surface area (Å²) < 4.78 is 5.99. The molecule has 1 atom stereocenters. The van der Waals surface area contributed by atoms with Gasteiger partial charge in [0.1, 0.15) is 18.5 Å². The molecule has 0 radical (unpaired) electrons. The van der Waals surface area contributed by atoms with Crippen LogP contribution in [-0.4, -0.2) is 55.4 Å². The van der Waals surface area contributed by atoms with Crippen molar-refractivity contribution in [2.45, 2.75) is 50.0 Å². The SMILES string of the molecule is O[C@@H](COc1ccc(C23CC4CC(CC(C4)C2)C3)cc1)CN1CCN(c2cccc(Cl)c2)CC1. The Morgan fingerprint density at radius 2 is 1.56 bits per heavy atom. The van der Waals surface area contributed by atoms with Gasteiger partial charge >= 0.3 is 0 Å². The Labute approximate surface area is 208 Å². The van der Waals surface area contributed by atoms with Crippen LogP contribution < -0.4 is 9.64 Å². The Kier molecular flexibility index (Phi) is 6.25. The first-order valence-corrected chi connectivity index (χ1v) is 13.6. The molecular formula is C29H37ClN2O2. The highest BCUT2D eigenvalue weighted by Crippen LogP contribution is 2.60. The van der Waals surface area contributed by atoms with Crippen molar-refractivity contribution < 1.29 is 9.84 Å². The van der Waals surface area contributed by atoms with Crippen molar-refractivity contribution >= 4 is 17.3 Å². The number of nitrogens with zero attached hydrogens (tertiary/aromatic N) is 2. The van der Waals surface area contributed by atoms with Crippen molar-refractivity contribution in [3.63, 3.8) is 0 Å². The van der Waals surface area contributed by atoms with E-state index in [2.05, 4.69) is 40.1 Å². The number of aliphatic hydroxyl groups is 1. The van der Waals surface area contributed by atoms with E-state index in [1.807, 2.05) is 18.2 Å². The van der Waals surface area contributed by atoms with Crippen LogP contribution in [0.25, 0.3) is 0 Å². The fourth-order valence-electron chi connectivity index (χ4n) is 7.77. The molecule has 4 nitrogen and oxygen atoms in total. The van der Waals surface area contributed by atoms with Gasteiger partial charge < -0.3 is 14.7 Å². The average Bonchev–Trinajstić information content (AvgIpc) is 2.83. The van der Waals surface area contributed by atoms with Crippen molar-refractivity contribution in [1.82, 2.24) is 4.90 Å². The van der Waals surface area contributed by atoms with Gasteiger partial charge in [-0.25, -0.2) is 0 Å². The zero-order valence-corrected chi connectivity index (χ0v) is 20.8. The van der Waals surface area contributed by atoms with Crippen molar-refractivity contribution in [1.29, 1.82) is 0 Å². The van der Waals surface area contributed by atoms with Crippen LogP contribution in [-0.2, 0) is 5.41 Å². The quantitative estimate of drug-likeness (QED) is 0.578. The van der Waals surface area contributed by atoms with Crippen LogP contribution in [0.4, 0.5) is 5.69 Å². The number of aliphatic hydroxyl groups excluding tert-OH is 1. The first-order valence-electron chi connectivity index (χ1n) is 13.2. The summed E-state index contributed by atoms with van der Waals surface area (Å²) in [4.78, 5) is 4.68. The number of piperazine rings is 1. The van der Waals surface area contributed by atoms with E-state index in [1.165, 1.54) is 49.8 Å². The average molecular weight is 481 g/mol. The molecule has 1 saturated heterocycles. The normalized spacial score (nSPS) is 31.6. The minimum atomic E-state index is -0.486. The second kappa shape index (κ2) is 9.37. The Morgan fingerprint density at radius 3 is 2.18 bits per heavy atom. The van der Waals surface area contributed by atoms with Gasteiger partial charge in [-0.3, -0.25) is 4.90 Å². The van der Waals surface area contributed by atoms with Crippen LogP contribution in [0.3, 0.4) is 0 Å². The maximum Gasteiger partial charge on any atom is 0.119 e. The molecule has 5 fully saturated rings. The highest BCUT2D eigenvalue weighted by molar-refractivity contribution is 6.30. The fourth-order valence-corrected chi connectivity index (χ4v) is 7.96. The monoisotopic (exact) mass is 480 g/mol. The maximum absolute atomic E-state index is 10.6. The lowest BCUT2D eigenvalue weighted by molar-refractivity contribution is -0.00522. The molecule has 1 aliphatic heterocycles. The lowest BCUT2D eigenvalue weighted by Crippen LogP contribution is -2.49. The number of halogens is 1. The van der Waals surface area contributed by atoms with E-state index in [4.69, 9.17) is 16.3 Å². The van der Waals surface area contributed by atoms with Crippen LogP contribution in [0, 0.1) is 17.8 Å². The molecule has 4 bridgehead atoms. The maximum atomic E-state index is 10.6. The second-order valence-corrected chi connectivity index (χ2v) is 11.9. The molecule has 0 unspecified atom stereocenters. The molecule has 0 amide bonds. The van der Waals surface area contributed by atoms with Crippen LogP contribution in [0.5, 0.6) is 5.75 Å². The zero-order chi connectivity index (χ0) is 23.1. The first kappa shape index (κ1) is 22.7. The van der Waals surface area contributed by atoms with Crippen LogP contribution in [0.1, 0.15) is 44.1 Å². The van der Waals surface area contributed by atoms with E-state index in [-0.39, 0.29) is 0 Å². The summed E-state index contributed by atoms with van der Waals surface area (Å²) in [5.74, 6) is 3.76. The van der Waals surface area contributed by atoms with Gasteiger partial charge in [-0.05, 0) is 97.6 Å². The second-order valence-electron chi connectivity index (χ2n) is 11.5. The molecule has 34 heavy (non-hydrogen) atoms. The molecule has 182 valence electrons. The van der Waals surface area contributed by atoms with Gasteiger partial charge in [-0.15, -0.1) is 0 Å². The molecule has 7 rings (SSSR count). The van der Waals surface area contributed by atoms with E-state index >= 15 is 0 Å². The summed E-state index contributed by atoms with van der Waals surface area (Å²) in [6.45, 7) is 4.74. The molecule has 4 saturated carbocycles. The van der Waals surface area contributed by atoms with Gasteiger partial charge in [-0.1, -0.05) is 29.8 Å². The highest BCUT2D eigenvalue weighted by Gasteiger charge is 2.51. The molecule has 1 heterocycles. The Morgan fingerprint density at radius 1 is 0.912 bits per heavy atom. The van der Waals surface area contributed by atoms with Crippen molar-refractivity contribution in [2.75, 3.05) is 44.2 Å². The van der Waals surface area contributed by atoms with Gasteiger partial charge in [0.05, 0.1) is 0 Å². The minimum Gasteiger partial charge on any atom is -0.491 e. The first-order chi connectivity index (χ1) is 16.5. The Hall–Kier alpha value is -1.75. The molecule has 0 aromatic heterocycles. The molecule has 2 aromatic rings. The third-order valence-corrected chi connectivity index (χ3v) is 9.20. The van der Waals surface area contributed by atoms with Crippen molar-refractivity contribution in [3.8, 4) is 5.75 Å². The Balaban J connectivity index is 0.977. The molecule has 2 aromatic carbocycles. The predicted molar refractivity (Wildman–Crippen MR) is 138 cm³/mol. The third kappa shape index (κ3) is 4.69. The van der Waals surface area contributed by atoms with Gasteiger partial charge in [0.25, 0.3) is 0 Å². The zero-order valence-electron chi connectivity index (χ0n) is 20.0. The smallest absolute Gasteiger partial charge is 0.119 e. The van der Waals surface area contributed by atoms with E-state index in [0.29, 0.717) is 18.6 Å². The summed E-state index contributed by atoms with van der Waals surface area (Å²) in [7, 11) is 0. The summed E-state index contributed by atoms with van der Waals surface area (Å²) in [5.41, 5.74) is 3.13. The van der Waals surface area contributed by atoms with E-state index in [0.717, 1.165) is 54.7 Å². The molecular weight excluding hydrogens is 444 g/mol. The van der Waals surface area contributed by atoms with Gasteiger partial charge in [0.15, 0.2) is 0 Å². The van der Waals surface area contributed by atoms with Crippen LogP contribution in [0.15, 0.2) is 48.5 Å². The summed E-state index contributed by atoms with van der Waals surface area (Å²) in [6.07, 6.45) is 8.13. The number of anilines is 1. The highest BCUT2D eigenvalue weighted by atomic mass is 35.5. The minimum absolute atomic E-state index is 0.339. The standard InChI is InChI=1S/C29H37ClN2O2/c30-25-2-1-3-26(15-25)32-10-8-31(9-11-32)19-27(33)20-34-28-6-4-24(5-7-28)29-16-21-12-22(17-29)14-23(13-21)18-29/h1-7,15,21-23,27,33H,8-14,16-20H2/t21?,22?,23?,27-,29?/m1/s1. The molecule has 1 N–H and O–H groups in total. The molecule has 5 aliphatic rings. The van der Waals surface area contributed by atoms with Gasteiger partial charge in [0.2, 0.25) is 0 Å². The Bertz CT molecular complexity index is 951. The summed E-state index contributed by atoms with van der Waals surface area (Å²) in [6, 6.07) is 16.9. The predicted octanol–water partition coefficient (Wildman–Crippen LogP) is 5.37. The fraction of sp³-hybridized carbons (Fsp3) is 0.586.